The largest absolute Gasteiger partial charge is 0.351 e. The lowest BCUT2D eigenvalue weighted by molar-refractivity contribution is -0.124. The topological polar surface area (TPSA) is 79.4 Å². The highest BCUT2D eigenvalue weighted by atomic mass is 32.2. The number of rotatable bonds is 4. The number of carbonyl (C=O) groups is 1. The highest BCUT2D eigenvalue weighted by molar-refractivity contribution is 7.88. The molecule has 1 aliphatic heterocycles. The fraction of sp³-hybridized carbons (Fsp3) is 0.412. The summed E-state index contributed by atoms with van der Waals surface area (Å²) in [4.78, 5) is 16.8. The Balaban J connectivity index is 1.77. The van der Waals surface area contributed by atoms with Crippen LogP contribution in [0.5, 0.6) is 0 Å². The van der Waals surface area contributed by atoms with Crippen molar-refractivity contribution in [2.24, 2.45) is 0 Å². The van der Waals surface area contributed by atoms with E-state index in [0.717, 1.165) is 28.3 Å². The summed E-state index contributed by atoms with van der Waals surface area (Å²) in [5.41, 5.74) is 2.98. The first kappa shape index (κ1) is 16.9. The van der Waals surface area contributed by atoms with E-state index in [-0.39, 0.29) is 5.91 Å². The first-order valence-electron chi connectivity index (χ1n) is 7.95. The molecule has 1 N–H and O–H groups in total. The molecule has 24 heavy (non-hydrogen) atoms. The summed E-state index contributed by atoms with van der Waals surface area (Å²) in [5, 5.41) is 3.89. The molecule has 7 heteroatoms. The van der Waals surface area contributed by atoms with Crippen LogP contribution in [0.2, 0.25) is 0 Å². The number of fused-ring (bicyclic) bond motifs is 1. The summed E-state index contributed by atoms with van der Waals surface area (Å²) in [7, 11) is -3.36. The smallest absolute Gasteiger partial charge is 0.238 e. The maximum absolute atomic E-state index is 12.4. The normalized spacial score (nSPS) is 18.8. The zero-order valence-corrected chi connectivity index (χ0v) is 14.6. The van der Waals surface area contributed by atoms with Crippen molar-refractivity contribution in [2.45, 2.75) is 32.4 Å². The molecular formula is C17H21N3O3S. The van der Waals surface area contributed by atoms with E-state index in [1.807, 2.05) is 31.2 Å². The number of sulfonamides is 1. The summed E-state index contributed by atoms with van der Waals surface area (Å²) in [5.74, 6) is -0.240. The van der Waals surface area contributed by atoms with Gasteiger partial charge in [-0.05, 0) is 37.0 Å². The van der Waals surface area contributed by atoms with Gasteiger partial charge in [0, 0.05) is 24.7 Å². The Kier molecular flexibility index (Phi) is 4.56. The molecule has 1 saturated heterocycles. The van der Waals surface area contributed by atoms with Gasteiger partial charge in [-0.15, -0.1) is 0 Å². The fourth-order valence-corrected chi connectivity index (χ4v) is 4.35. The minimum absolute atomic E-state index is 0.240. The van der Waals surface area contributed by atoms with Crippen LogP contribution in [-0.2, 0) is 21.4 Å². The predicted molar refractivity (Wildman–Crippen MR) is 92.9 cm³/mol. The van der Waals surface area contributed by atoms with Crippen molar-refractivity contribution in [1.82, 2.24) is 14.6 Å². The molecule has 0 aliphatic carbocycles. The Hall–Kier alpha value is -1.99. The maximum atomic E-state index is 12.4. The number of aryl methyl sites for hydroxylation is 1. The molecule has 2 heterocycles. The Bertz CT molecular complexity index is 880. The summed E-state index contributed by atoms with van der Waals surface area (Å²) in [6, 6.07) is 7.21. The van der Waals surface area contributed by atoms with Gasteiger partial charge in [-0.1, -0.05) is 18.2 Å². The van der Waals surface area contributed by atoms with E-state index in [1.54, 1.807) is 6.20 Å². The van der Waals surface area contributed by atoms with Gasteiger partial charge in [-0.3, -0.25) is 9.78 Å². The third kappa shape index (κ3) is 3.27. The minimum Gasteiger partial charge on any atom is -0.351 e. The average molecular weight is 347 g/mol. The number of hydrogen-bond donors (Lipinski definition) is 1. The molecule has 0 spiro atoms. The van der Waals surface area contributed by atoms with Crippen molar-refractivity contribution in [3.05, 3.63) is 41.6 Å². The molecule has 1 fully saturated rings. The standard InChI is InChI=1S/C17H21N3O3S/c1-12-7-8-13(14-5-3-9-18-16(12)14)11-19-17(21)15-6-4-10-20(15)24(2,22)23/h3,5,7-9,15H,4,6,10-11H2,1-2H3,(H,19,21)/t15-/m0/s1. The highest BCUT2D eigenvalue weighted by Gasteiger charge is 2.36. The summed E-state index contributed by atoms with van der Waals surface area (Å²) < 4.78 is 24.8. The monoisotopic (exact) mass is 347 g/mol. The van der Waals surface area contributed by atoms with Gasteiger partial charge in [0.1, 0.15) is 6.04 Å². The zero-order chi connectivity index (χ0) is 17.3. The zero-order valence-electron chi connectivity index (χ0n) is 13.8. The van der Waals surface area contributed by atoms with Crippen LogP contribution in [0.1, 0.15) is 24.0 Å². The lowest BCUT2D eigenvalue weighted by Gasteiger charge is -2.21. The molecule has 0 saturated carbocycles. The van der Waals surface area contributed by atoms with Crippen LogP contribution in [0, 0.1) is 6.92 Å². The summed E-state index contributed by atoms with van der Waals surface area (Å²) in [6.45, 7) is 2.77. The first-order valence-corrected chi connectivity index (χ1v) is 9.80. The van der Waals surface area contributed by atoms with Crippen LogP contribution >= 0.6 is 0 Å². The van der Waals surface area contributed by atoms with Crippen molar-refractivity contribution in [3.8, 4) is 0 Å². The summed E-state index contributed by atoms with van der Waals surface area (Å²) >= 11 is 0. The van der Waals surface area contributed by atoms with Gasteiger partial charge in [0.15, 0.2) is 0 Å². The van der Waals surface area contributed by atoms with Crippen LogP contribution in [0.15, 0.2) is 30.5 Å². The molecule has 1 aromatic carbocycles. The second-order valence-electron chi connectivity index (χ2n) is 6.19. The van der Waals surface area contributed by atoms with Crippen LogP contribution in [0.25, 0.3) is 10.9 Å². The third-order valence-corrected chi connectivity index (χ3v) is 5.74. The Morgan fingerprint density at radius 2 is 2.17 bits per heavy atom. The maximum Gasteiger partial charge on any atom is 0.238 e. The van der Waals surface area contributed by atoms with Gasteiger partial charge < -0.3 is 5.32 Å². The molecule has 128 valence electrons. The number of amides is 1. The second kappa shape index (κ2) is 6.49. The number of nitrogens with one attached hydrogen (secondary N) is 1. The molecular weight excluding hydrogens is 326 g/mol. The molecule has 1 atom stereocenters. The Labute approximate surface area is 141 Å². The average Bonchev–Trinajstić information content (AvgIpc) is 3.04. The summed E-state index contributed by atoms with van der Waals surface area (Å²) in [6.07, 6.45) is 4.18. The van der Waals surface area contributed by atoms with E-state index >= 15 is 0 Å². The third-order valence-electron chi connectivity index (χ3n) is 4.45. The van der Waals surface area contributed by atoms with E-state index in [1.165, 1.54) is 4.31 Å². The SMILES string of the molecule is Cc1ccc(CNC(=O)[C@@H]2CCCN2S(C)(=O)=O)c2cccnc12. The second-order valence-corrected chi connectivity index (χ2v) is 8.13. The van der Waals surface area contributed by atoms with Gasteiger partial charge in [0.25, 0.3) is 0 Å². The van der Waals surface area contributed by atoms with Crippen LogP contribution < -0.4 is 5.32 Å². The molecule has 1 aliphatic rings. The molecule has 6 nitrogen and oxygen atoms in total. The van der Waals surface area contributed by atoms with E-state index in [2.05, 4.69) is 10.3 Å². The van der Waals surface area contributed by atoms with Crippen LogP contribution in [0.3, 0.4) is 0 Å². The lowest BCUT2D eigenvalue weighted by atomic mass is 10.0. The van der Waals surface area contributed by atoms with Crippen molar-refractivity contribution < 1.29 is 13.2 Å². The molecule has 0 unspecified atom stereocenters. The van der Waals surface area contributed by atoms with E-state index in [9.17, 15) is 13.2 Å². The van der Waals surface area contributed by atoms with E-state index < -0.39 is 16.1 Å². The molecule has 0 bridgehead atoms. The van der Waals surface area contributed by atoms with Gasteiger partial charge in [-0.2, -0.15) is 4.31 Å². The van der Waals surface area contributed by atoms with Crippen molar-refractivity contribution in [2.75, 3.05) is 12.8 Å². The van der Waals surface area contributed by atoms with Gasteiger partial charge in [0.05, 0.1) is 11.8 Å². The fourth-order valence-electron chi connectivity index (χ4n) is 3.23. The number of nitrogens with zero attached hydrogens (tertiary/aromatic N) is 2. The number of pyridine rings is 1. The molecule has 3 rings (SSSR count). The Morgan fingerprint density at radius 3 is 2.92 bits per heavy atom. The van der Waals surface area contributed by atoms with Gasteiger partial charge in [-0.25, -0.2) is 8.42 Å². The van der Waals surface area contributed by atoms with Crippen molar-refractivity contribution >= 4 is 26.8 Å². The minimum atomic E-state index is -3.36. The lowest BCUT2D eigenvalue weighted by Crippen LogP contribution is -2.45. The predicted octanol–water partition coefficient (Wildman–Crippen LogP) is 1.58. The molecule has 0 radical (unpaired) electrons. The van der Waals surface area contributed by atoms with Gasteiger partial charge in [0.2, 0.25) is 15.9 Å². The number of hydrogen-bond acceptors (Lipinski definition) is 4. The van der Waals surface area contributed by atoms with Crippen molar-refractivity contribution in [3.63, 3.8) is 0 Å². The first-order chi connectivity index (χ1) is 11.4. The Morgan fingerprint density at radius 1 is 1.38 bits per heavy atom. The van der Waals surface area contributed by atoms with Crippen LogP contribution in [0.4, 0.5) is 0 Å². The molecule has 1 amide bonds. The molecule has 1 aromatic heterocycles. The number of aromatic nitrogens is 1. The van der Waals surface area contributed by atoms with Gasteiger partial charge >= 0.3 is 0 Å². The van der Waals surface area contributed by atoms with E-state index in [0.29, 0.717) is 25.9 Å². The highest BCUT2D eigenvalue weighted by Crippen LogP contribution is 2.22. The van der Waals surface area contributed by atoms with Crippen LogP contribution in [-0.4, -0.2) is 42.5 Å². The quantitative estimate of drug-likeness (QED) is 0.911. The van der Waals surface area contributed by atoms with Crippen molar-refractivity contribution in [1.29, 1.82) is 0 Å². The number of carbonyl (C=O) groups excluding carboxylic acids is 1. The number of benzene rings is 1. The molecule has 2 aromatic rings. The van der Waals surface area contributed by atoms with E-state index in [4.69, 9.17) is 0 Å².